The number of alkyl halides is 3. The minimum absolute atomic E-state index is 0.114. The molecule has 1 aromatic carbocycles. The molecule has 7 heteroatoms. The molecule has 2 rings (SSSR count). The SMILES string of the molecule is C[C@H]1C[C@@H](C(=O)Nc2ccc(Cl)c(C(F)(F)F)c2)CCN1. The van der Waals surface area contributed by atoms with Crippen LogP contribution in [0.4, 0.5) is 18.9 Å². The number of rotatable bonds is 2. The Kier molecular flexibility index (Phi) is 4.78. The van der Waals surface area contributed by atoms with Crippen molar-refractivity contribution in [3.05, 3.63) is 28.8 Å². The van der Waals surface area contributed by atoms with Gasteiger partial charge in [-0.3, -0.25) is 4.79 Å². The van der Waals surface area contributed by atoms with Gasteiger partial charge in [0.25, 0.3) is 0 Å². The summed E-state index contributed by atoms with van der Waals surface area (Å²) >= 11 is 5.54. The first-order valence-electron chi connectivity index (χ1n) is 6.68. The minimum atomic E-state index is -4.54. The zero-order valence-corrected chi connectivity index (χ0v) is 12.2. The number of carbonyl (C=O) groups excluding carboxylic acids is 1. The molecule has 1 fully saturated rings. The molecule has 0 spiro atoms. The fourth-order valence-electron chi connectivity index (χ4n) is 2.43. The quantitative estimate of drug-likeness (QED) is 0.872. The van der Waals surface area contributed by atoms with E-state index in [1.165, 1.54) is 6.07 Å². The molecule has 2 N–H and O–H groups in total. The van der Waals surface area contributed by atoms with Crippen molar-refractivity contribution in [3.8, 4) is 0 Å². The van der Waals surface area contributed by atoms with E-state index in [2.05, 4.69) is 10.6 Å². The van der Waals surface area contributed by atoms with Gasteiger partial charge in [-0.25, -0.2) is 0 Å². The average molecular weight is 321 g/mol. The van der Waals surface area contributed by atoms with Gasteiger partial charge in [0.2, 0.25) is 5.91 Å². The smallest absolute Gasteiger partial charge is 0.326 e. The molecule has 1 saturated heterocycles. The predicted octanol–water partition coefficient (Wildman–Crippen LogP) is 3.69. The molecule has 0 unspecified atom stereocenters. The van der Waals surface area contributed by atoms with E-state index in [0.29, 0.717) is 12.8 Å². The number of nitrogens with one attached hydrogen (secondary N) is 2. The lowest BCUT2D eigenvalue weighted by Crippen LogP contribution is -2.40. The Hall–Kier alpha value is -1.27. The Labute approximate surface area is 125 Å². The molecule has 1 heterocycles. The summed E-state index contributed by atoms with van der Waals surface area (Å²) in [5.41, 5.74) is -0.830. The van der Waals surface area contributed by atoms with E-state index < -0.39 is 11.7 Å². The molecule has 1 amide bonds. The molecule has 1 aliphatic rings. The lowest BCUT2D eigenvalue weighted by molar-refractivity contribution is -0.137. The van der Waals surface area contributed by atoms with Crippen LogP contribution in [0.25, 0.3) is 0 Å². The van der Waals surface area contributed by atoms with E-state index >= 15 is 0 Å². The van der Waals surface area contributed by atoms with Crippen molar-refractivity contribution < 1.29 is 18.0 Å². The highest BCUT2D eigenvalue weighted by Crippen LogP contribution is 2.36. The summed E-state index contributed by atoms with van der Waals surface area (Å²) in [6, 6.07) is 3.61. The monoisotopic (exact) mass is 320 g/mol. The highest BCUT2D eigenvalue weighted by molar-refractivity contribution is 6.31. The third-order valence-corrected chi connectivity index (χ3v) is 3.86. The van der Waals surface area contributed by atoms with Crippen molar-refractivity contribution in [1.29, 1.82) is 0 Å². The van der Waals surface area contributed by atoms with E-state index in [4.69, 9.17) is 11.6 Å². The maximum absolute atomic E-state index is 12.8. The van der Waals surface area contributed by atoms with Gasteiger partial charge in [0.1, 0.15) is 0 Å². The molecule has 116 valence electrons. The van der Waals surface area contributed by atoms with Crippen LogP contribution in [0.3, 0.4) is 0 Å². The van der Waals surface area contributed by atoms with Crippen LogP contribution in [-0.2, 0) is 11.0 Å². The maximum atomic E-state index is 12.8. The van der Waals surface area contributed by atoms with Crippen molar-refractivity contribution >= 4 is 23.2 Å². The second kappa shape index (κ2) is 6.23. The highest BCUT2D eigenvalue weighted by Gasteiger charge is 2.33. The van der Waals surface area contributed by atoms with E-state index in [1.807, 2.05) is 6.92 Å². The number of carbonyl (C=O) groups is 1. The maximum Gasteiger partial charge on any atom is 0.417 e. The summed E-state index contributed by atoms with van der Waals surface area (Å²) in [7, 11) is 0. The topological polar surface area (TPSA) is 41.1 Å². The standard InChI is InChI=1S/C14H16ClF3N2O/c1-8-6-9(4-5-19-8)13(21)20-10-2-3-12(15)11(7-10)14(16,17)18/h2-3,7-9,19H,4-6H2,1H3,(H,20,21)/t8-,9-/m0/s1. The van der Waals surface area contributed by atoms with Gasteiger partial charge in [0.05, 0.1) is 10.6 Å². The van der Waals surface area contributed by atoms with Crippen LogP contribution in [0.5, 0.6) is 0 Å². The molecule has 2 atom stereocenters. The van der Waals surface area contributed by atoms with Crippen LogP contribution >= 0.6 is 11.6 Å². The first-order chi connectivity index (χ1) is 9.77. The van der Waals surface area contributed by atoms with Gasteiger partial charge in [-0.2, -0.15) is 13.2 Å². The molecule has 0 bridgehead atoms. The lowest BCUT2D eigenvalue weighted by atomic mass is 9.92. The van der Waals surface area contributed by atoms with Gasteiger partial charge >= 0.3 is 6.18 Å². The first-order valence-corrected chi connectivity index (χ1v) is 7.06. The Morgan fingerprint density at radius 1 is 1.43 bits per heavy atom. The van der Waals surface area contributed by atoms with Crippen molar-refractivity contribution in [3.63, 3.8) is 0 Å². The highest BCUT2D eigenvalue weighted by atomic mass is 35.5. The van der Waals surface area contributed by atoms with Gasteiger partial charge in [-0.05, 0) is 44.5 Å². The molecular weight excluding hydrogens is 305 g/mol. The van der Waals surface area contributed by atoms with Crippen molar-refractivity contribution in [2.45, 2.75) is 32.0 Å². The number of anilines is 1. The molecule has 3 nitrogen and oxygen atoms in total. The number of amides is 1. The second-order valence-corrected chi connectivity index (χ2v) is 5.67. The predicted molar refractivity (Wildman–Crippen MR) is 75.3 cm³/mol. The largest absolute Gasteiger partial charge is 0.417 e. The molecule has 0 saturated carbocycles. The van der Waals surface area contributed by atoms with Crippen LogP contribution in [0, 0.1) is 5.92 Å². The fourth-order valence-corrected chi connectivity index (χ4v) is 2.66. The van der Waals surface area contributed by atoms with Crippen LogP contribution in [0.2, 0.25) is 5.02 Å². The Morgan fingerprint density at radius 2 is 2.14 bits per heavy atom. The van der Waals surface area contributed by atoms with Gasteiger partial charge in [-0.1, -0.05) is 11.6 Å². The molecule has 0 radical (unpaired) electrons. The van der Waals surface area contributed by atoms with Crippen LogP contribution in [-0.4, -0.2) is 18.5 Å². The van der Waals surface area contributed by atoms with Gasteiger partial charge in [0, 0.05) is 17.6 Å². The van der Waals surface area contributed by atoms with Crippen LogP contribution < -0.4 is 10.6 Å². The van der Waals surface area contributed by atoms with E-state index in [-0.39, 0.29) is 28.6 Å². The van der Waals surface area contributed by atoms with E-state index in [1.54, 1.807) is 0 Å². The van der Waals surface area contributed by atoms with Crippen LogP contribution in [0.1, 0.15) is 25.3 Å². The van der Waals surface area contributed by atoms with Crippen LogP contribution in [0.15, 0.2) is 18.2 Å². The summed E-state index contributed by atoms with van der Waals surface area (Å²) in [5.74, 6) is -0.440. The summed E-state index contributed by atoms with van der Waals surface area (Å²) in [6.45, 7) is 2.71. The number of hydrogen-bond donors (Lipinski definition) is 2. The lowest BCUT2D eigenvalue weighted by Gasteiger charge is -2.27. The number of hydrogen-bond acceptors (Lipinski definition) is 2. The number of halogens is 4. The normalized spacial score (nSPS) is 22.9. The number of piperidine rings is 1. The summed E-state index contributed by atoms with van der Waals surface area (Å²) in [4.78, 5) is 12.1. The van der Waals surface area contributed by atoms with Gasteiger partial charge < -0.3 is 10.6 Å². The van der Waals surface area contributed by atoms with Crippen molar-refractivity contribution in [2.75, 3.05) is 11.9 Å². The van der Waals surface area contributed by atoms with Gasteiger partial charge in [-0.15, -0.1) is 0 Å². The second-order valence-electron chi connectivity index (χ2n) is 5.26. The van der Waals surface area contributed by atoms with Crippen molar-refractivity contribution in [2.24, 2.45) is 5.92 Å². The third-order valence-electron chi connectivity index (χ3n) is 3.53. The zero-order valence-electron chi connectivity index (χ0n) is 11.4. The molecule has 0 aliphatic carbocycles. The van der Waals surface area contributed by atoms with Gasteiger partial charge in [0.15, 0.2) is 0 Å². The molecule has 1 aliphatic heterocycles. The third kappa shape index (κ3) is 4.11. The zero-order chi connectivity index (χ0) is 15.6. The van der Waals surface area contributed by atoms with E-state index in [9.17, 15) is 18.0 Å². The molecule has 21 heavy (non-hydrogen) atoms. The van der Waals surface area contributed by atoms with Crippen molar-refractivity contribution in [1.82, 2.24) is 5.32 Å². The molecular formula is C14H16ClF3N2O. The first kappa shape index (κ1) is 16.1. The summed E-state index contributed by atoms with van der Waals surface area (Å²) < 4.78 is 38.3. The Bertz CT molecular complexity index is 533. The summed E-state index contributed by atoms with van der Waals surface area (Å²) in [6.07, 6.45) is -3.19. The van der Waals surface area contributed by atoms with E-state index in [0.717, 1.165) is 18.7 Å². The Balaban J connectivity index is 2.11. The molecule has 0 aromatic heterocycles. The molecule has 1 aromatic rings. The summed E-state index contributed by atoms with van der Waals surface area (Å²) in [5, 5.41) is 5.39. The minimum Gasteiger partial charge on any atom is -0.326 e. The fraction of sp³-hybridized carbons (Fsp3) is 0.500. The Morgan fingerprint density at radius 3 is 2.76 bits per heavy atom. The average Bonchev–Trinajstić information content (AvgIpc) is 2.39. The number of benzene rings is 1.